The minimum atomic E-state index is -0.0697. The minimum Gasteiger partial charge on any atom is -0.353 e. The van der Waals surface area contributed by atoms with E-state index in [2.05, 4.69) is 21.7 Å². The Balaban J connectivity index is 1.67. The maximum Gasteiger partial charge on any atom is 0.159 e. The average molecular weight is 258 g/mol. The standard InChI is InChI=1S/C15H18N2O2/c1-2-5-13(6-3-1)15-16-8-10-17(15)9-7-14-18-11-4-12-19-14/h1-3,5-6,8,10,14H,4,7,9,11-12H2. The second-order valence-corrected chi connectivity index (χ2v) is 4.62. The van der Waals surface area contributed by atoms with E-state index in [0.29, 0.717) is 0 Å². The van der Waals surface area contributed by atoms with Crippen LogP contribution < -0.4 is 0 Å². The van der Waals surface area contributed by atoms with Crippen molar-refractivity contribution >= 4 is 0 Å². The Morgan fingerprint density at radius 1 is 1.16 bits per heavy atom. The first-order chi connectivity index (χ1) is 9.43. The van der Waals surface area contributed by atoms with Gasteiger partial charge in [-0.2, -0.15) is 0 Å². The molecule has 1 aromatic heterocycles. The summed E-state index contributed by atoms with van der Waals surface area (Å²) in [6.07, 6.45) is 5.63. The highest BCUT2D eigenvalue weighted by Gasteiger charge is 2.14. The molecule has 2 aromatic rings. The van der Waals surface area contributed by atoms with E-state index in [1.807, 2.05) is 30.6 Å². The van der Waals surface area contributed by atoms with Crippen LogP contribution >= 0.6 is 0 Å². The third-order valence-electron chi connectivity index (χ3n) is 3.25. The minimum absolute atomic E-state index is 0.0697. The summed E-state index contributed by atoms with van der Waals surface area (Å²) in [5.74, 6) is 0.997. The molecule has 1 fully saturated rings. The van der Waals surface area contributed by atoms with E-state index < -0.39 is 0 Å². The molecule has 0 amide bonds. The van der Waals surface area contributed by atoms with Crippen LogP contribution in [0.3, 0.4) is 0 Å². The number of hydrogen-bond acceptors (Lipinski definition) is 3. The quantitative estimate of drug-likeness (QED) is 0.846. The first kappa shape index (κ1) is 12.4. The molecule has 1 aromatic carbocycles. The second-order valence-electron chi connectivity index (χ2n) is 4.62. The Hall–Kier alpha value is -1.65. The first-order valence-corrected chi connectivity index (χ1v) is 6.73. The van der Waals surface area contributed by atoms with Crippen molar-refractivity contribution in [2.24, 2.45) is 0 Å². The van der Waals surface area contributed by atoms with Crippen molar-refractivity contribution in [2.75, 3.05) is 13.2 Å². The molecule has 0 spiro atoms. The van der Waals surface area contributed by atoms with Gasteiger partial charge in [0.05, 0.1) is 13.2 Å². The fraction of sp³-hybridized carbons (Fsp3) is 0.400. The molecule has 19 heavy (non-hydrogen) atoms. The van der Waals surface area contributed by atoms with Gasteiger partial charge < -0.3 is 14.0 Å². The lowest BCUT2D eigenvalue weighted by atomic mass is 10.2. The number of hydrogen-bond donors (Lipinski definition) is 0. The summed E-state index contributed by atoms with van der Waals surface area (Å²) in [5, 5.41) is 0. The van der Waals surface area contributed by atoms with Gasteiger partial charge in [0.15, 0.2) is 6.29 Å². The third-order valence-corrected chi connectivity index (χ3v) is 3.25. The van der Waals surface area contributed by atoms with Crippen molar-refractivity contribution < 1.29 is 9.47 Å². The molecule has 2 heterocycles. The molecule has 3 rings (SSSR count). The van der Waals surface area contributed by atoms with Crippen molar-refractivity contribution in [3.63, 3.8) is 0 Å². The summed E-state index contributed by atoms with van der Waals surface area (Å²) in [7, 11) is 0. The zero-order valence-electron chi connectivity index (χ0n) is 10.9. The number of nitrogens with zero attached hydrogens (tertiary/aromatic N) is 2. The van der Waals surface area contributed by atoms with Crippen molar-refractivity contribution in [3.8, 4) is 11.4 Å². The van der Waals surface area contributed by atoms with Crippen LogP contribution in [0, 0.1) is 0 Å². The maximum atomic E-state index is 5.57. The smallest absolute Gasteiger partial charge is 0.159 e. The Bertz CT molecular complexity index is 504. The van der Waals surface area contributed by atoms with Crippen LogP contribution in [0.1, 0.15) is 12.8 Å². The van der Waals surface area contributed by atoms with Gasteiger partial charge >= 0.3 is 0 Å². The number of ether oxygens (including phenoxy) is 2. The third kappa shape index (κ3) is 3.03. The summed E-state index contributed by atoms with van der Waals surface area (Å²) in [6.45, 7) is 2.47. The van der Waals surface area contributed by atoms with E-state index in [4.69, 9.17) is 9.47 Å². The predicted octanol–water partition coefficient (Wildman–Crippen LogP) is 2.70. The van der Waals surface area contributed by atoms with Crippen LogP contribution in [-0.4, -0.2) is 29.1 Å². The zero-order chi connectivity index (χ0) is 12.9. The topological polar surface area (TPSA) is 36.3 Å². The Labute approximate surface area is 113 Å². The molecule has 1 saturated heterocycles. The fourth-order valence-electron chi connectivity index (χ4n) is 2.28. The van der Waals surface area contributed by atoms with Gasteiger partial charge in [-0.3, -0.25) is 0 Å². The predicted molar refractivity (Wildman–Crippen MR) is 72.6 cm³/mol. The molecule has 0 unspecified atom stereocenters. The van der Waals surface area contributed by atoms with E-state index in [-0.39, 0.29) is 6.29 Å². The number of rotatable bonds is 4. The van der Waals surface area contributed by atoms with Crippen LogP contribution in [-0.2, 0) is 16.0 Å². The average Bonchev–Trinajstić information content (AvgIpc) is 2.95. The van der Waals surface area contributed by atoms with E-state index in [0.717, 1.165) is 44.0 Å². The van der Waals surface area contributed by atoms with Gasteiger partial charge in [-0.25, -0.2) is 4.98 Å². The van der Waals surface area contributed by atoms with Gasteiger partial charge in [-0.15, -0.1) is 0 Å². The van der Waals surface area contributed by atoms with E-state index in [9.17, 15) is 0 Å². The van der Waals surface area contributed by atoms with Crippen molar-refractivity contribution in [2.45, 2.75) is 25.7 Å². The first-order valence-electron chi connectivity index (χ1n) is 6.73. The molecule has 1 aliphatic rings. The van der Waals surface area contributed by atoms with Crippen LogP contribution in [0.2, 0.25) is 0 Å². The van der Waals surface area contributed by atoms with Crippen molar-refractivity contribution in [1.82, 2.24) is 9.55 Å². The molecule has 1 aliphatic heterocycles. The summed E-state index contributed by atoms with van der Waals surface area (Å²) in [6, 6.07) is 10.2. The fourth-order valence-corrected chi connectivity index (χ4v) is 2.28. The number of aryl methyl sites for hydroxylation is 1. The van der Waals surface area contributed by atoms with Gasteiger partial charge in [0, 0.05) is 30.9 Å². The lowest BCUT2D eigenvalue weighted by molar-refractivity contribution is -0.182. The zero-order valence-corrected chi connectivity index (χ0v) is 10.9. The van der Waals surface area contributed by atoms with E-state index in [1.54, 1.807) is 0 Å². The molecule has 0 N–H and O–H groups in total. The normalized spacial score (nSPS) is 16.6. The molecular formula is C15H18N2O2. The lowest BCUT2D eigenvalue weighted by Crippen LogP contribution is -2.26. The van der Waals surface area contributed by atoms with Crippen LogP contribution in [0.25, 0.3) is 11.4 Å². The van der Waals surface area contributed by atoms with Gasteiger partial charge in [-0.05, 0) is 6.42 Å². The van der Waals surface area contributed by atoms with Gasteiger partial charge in [-0.1, -0.05) is 30.3 Å². The summed E-state index contributed by atoms with van der Waals surface area (Å²) >= 11 is 0. The van der Waals surface area contributed by atoms with Gasteiger partial charge in [0.1, 0.15) is 5.82 Å². The van der Waals surface area contributed by atoms with Crippen molar-refractivity contribution in [3.05, 3.63) is 42.7 Å². The molecule has 100 valence electrons. The SMILES string of the molecule is c1ccc(-c2nccn2CCC2OCCCO2)cc1. The highest BCUT2D eigenvalue weighted by atomic mass is 16.7. The largest absolute Gasteiger partial charge is 0.353 e. The molecule has 0 radical (unpaired) electrons. The lowest BCUT2D eigenvalue weighted by Gasteiger charge is -2.23. The number of aromatic nitrogens is 2. The summed E-state index contributed by atoms with van der Waals surface area (Å²) in [5.41, 5.74) is 1.14. The Morgan fingerprint density at radius 2 is 1.95 bits per heavy atom. The Morgan fingerprint density at radius 3 is 2.74 bits per heavy atom. The van der Waals surface area contributed by atoms with Gasteiger partial charge in [0.2, 0.25) is 0 Å². The highest BCUT2D eigenvalue weighted by Crippen LogP contribution is 2.18. The van der Waals surface area contributed by atoms with E-state index >= 15 is 0 Å². The molecule has 0 bridgehead atoms. The Kier molecular flexibility index (Phi) is 3.91. The highest BCUT2D eigenvalue weighted by molar-refractivity contribution is 5.54. The van der Waals surface area contributed by atoms with Crippen LogP contribution in [0.4, 0.5) is 0 Å². The molecule has 0 aliphatic carbocycles. The summed E-state index contributed by atoms with van der Waals surface area (Å²) < 4.78 is 13.3. The molecule has 4 heteroatoms. The maximum absolute atomic E-state index is 5.57. The second kappa shape index (κ2) is 5.99. The number of imidazole rings is 1. The van der Waals surface area contributed by atoms with Gasteiger partial charge in [0.25, 0.3) is 0 Å². The molecular weight excluding hydrogens is 240 g/mol. The molecule has 0 atom stereocenters. The van der Waals surface area contributed by atoms with E-state index in [1.165, 1.54) is 0 Å². The number of benzene rings is 1. The van der Waals surface area contributed by atoms with Crippen molar-refractivity contribution in [1.29, 1.82) is 0 Å². The van der Waals surface area contributed by atoms with Crippen LogP contribution in [0.5, 0.6) is 0 Å². The molecule has 0 saturated carbocycles. The van der Waals surface area contributed by atoms with Crippen LogP contribution in [0.15, 0.2) is 42.7 Å². The molecule has 4 nitrogen and oxygen atoms in total. The monoisotopic (exact) mass is 258 g/mol. The summed E-state index contributed by atoms with van der Waals surface area (Å²) in [4.78, 5) is 4.43.